The number of hydrogen-bond donors (Lipinski definition) is 3. The van der Waals surface area contributed by atoms with Gasteiger partial charge in [-0.05, 0) is 12.8 Å². The first-order valence-electron chi connectivity index (χ1n) is 8.90. The van der Waals surface area contributed by atoms with Crippen LogP contribution in [0.1, 0.15) is 32.1 Å². The van der Waals surface area contributed by atoms with E-state index in [4.69, 9.17) is 9.47 Å². The normalized spacial score (nSPS) is 32.9. The molecule has 2 heterocycles. The van der Waals surface area contributed by atoms with Crippen LogP contribution in [0.3, 0.4) is 0 Å². The Bertz CT molecular complexity index is 384. The van der Waals surface area contributed by atoms with Gasteiger partial charge in [0.05, 0.1) is 32.0 Å². The third-order valence-corrected chi connectivity index (χ3v) is 5.09. The molecule has 3 aliphatic rings. The number of carbonyl (C=O) groups excluding carboxylic acids is 1. The largest absolute Gasteiger partial charge is 0.389 e. The van der Waals surface area contributed by atoms with Crippen LogP contribution in [-0.4, -0.2) is 79.8 Å². The first-order chi connectivity index (χ1) is 11.2. The van der Waals surface area contributed by atoms with Gasteiger partial charge in [0.15, 0.2) is 0 Å². The van der Waals surface area contributed by atoms with Crippen LogP contribution in [0.5, 0.6) is 0 Å². The molecule has 2 amide bonds. The number of hydrogen-bond acceptors (Lipinski definition) is 5. The Balaban J connectivity index is 1.39. The monoisotopic (exact) mass is 327 g/mol. The highest BCUT2D eigenvalue weighted by Gasteiger charge is 2.37. The number of amides is 2. The maximum Gasteiger partial charge on any atom is 0.317 e. The van der Waals surface area contributed by atoms with Gasteiger partial charge in [0.1, 0.15) is 6.10 Å². The molecule has 7 heteroatoms. The van der Waals surface area contributed by atoms with Crippen LogP contribution >= 0.6 is 0 Å². The maximum absolute atomic E-state index is 12.1. The molecule has 2 aliphatic heterocycles. The minimum Gasteiger partial charge on any atom is -0.389 e. The number of carbonyl (C=O) groups is 1. The van der Waals surface area contributed by atoms with Crippen LogP contribution in [0.15, 0.2) is 0 Å². The molecule has 1 aliphatic carbocycles. The van der Waals surface area contributed by atoms with Crippen LogP contribution in [0.25, 0.3) is 0 Å². The molecule has 7 nitrogen and oxygen atoms in total. The van der Waals surface area contributed by atoms with Gasteiger partial charge >= 0.3 is 6.03 Å². The minimum atomic E-state index is -0.568. The van der Waals surface area contributed by atoms with E-state index in [1.807, 2.05) is 0 Å². The first-order valence-corrected chi connectivity index (χ1v) is 8.90. The van der Waals surface area contributed by atoms with Crippen molar-refractivity contribution in [3.63, 3.8) is 0 Å². The predicted octanol–water partition coefficient (Wildman–Crippen LogP) is 0.0788. The third kappa shape index (κ3) is 4.56. The van der Waals surface area contributed by atoms with Crippen molar-refractivity contribution in [1.82, 2.24) is 15.5 Å². The summed E-state index contributed by atoms with van der Waals surface area (Å²) >= 11 is 0. The number of urea groups is 1. The van der Waals surface area contributed by atoms with E-state index in [0.29, 0.717) is 45.5 Å². The first kappa shape index (κ1) is 17.0. The lowest BCUT2D eigenvalue weighted by molar-refractivity contribution is 0.0357. The summed E-state index contributed by atoms with van der Waals surface area (Å²) in [4.78, 5) is 13.8. The number of aliphatic hydroxyl groups excluding tert-OH is 1. The van der Waals surface area contributed by atoms with Gasteiger partial charge in [-0.1, -0.05) is 19.3 Å². The number of aliphatic hydroxyl groups is 1. The molecule has 1 saturated carbocycles. The lowest BCUT2D eigenvalue weighted by Gasteiger charge is -2.29. The van der Waals surface area contributed by atoms with Gasteiger partial charge in [-0.2, -0.15) is 0 Å². The summed E-state index contributed by atoms with van der Waals surface area (Å²) in [7, 11) is 0. The summed E-state index contributed by atoms with van der Waals surface area (Å²) in [5.74, 6) is 0. The van der Waals surface area contributed by atoms with Crippen molar-refractivity contribution >= 4 is 6.03 Å². The van der Waals surface area contributed by atoms with Gasteiger partial charge in [0, 0.05) is 25.7 Å². The lowest BCUT2D eigenvalue weighted by Crippen LogP contribution is -2.51. The van der Waals surface area contributed by atoms with E-state index < -0.39 is 6.10 Å². The summed E-state index contributed by atoms with van der Waals surface area (Å²) in [6.07, 6.45) is 5.31. The highest BCUT2D eigenvalue weighted by Crippen LogP contribution is 2.21. The van der Waals surface area contributed by atoms with E-state index in [2.05, 4.69) is 10.6 Å². The molecule has 132 valence electrons. The van der Waals surface area contributed by atoms with Crippen molar-refractivity contribution in [2.45, 2.75) is 56.4 Å². The fourth-order valence-electron chi connectivity index (χ4n) is 3.65. The van der Waals surface area contributed by atoms with Crippen LogP contribution in [-0.2, 0) is 9.47 Å². The average Bonchev–Trinajstić information content (AvgIpc) is 2.94. The molecule has 3 atom stereocenters. The van der Waals surface area contributed by atoms with Crippen molar-refractivity contribution in [3.8, 4) is 0 Å². The van der Waals surface area contributed by atoms with E-state index in [9.17, 15) is 9.90 Å². The number of nitrogens with one attached hydrogen (secondary N) is 2. The Morgan fingerprint density at radius 3 is 2.65 bits per heavy atom. The molecule has 2 saturated heterocycles. The molecule has 3 rings (SSSR count). The Morgan fingerprint density at radius 2 is 1.91 bits per heavy atom. The molecule has 23 heavy (non-hydrogen) atoms. The van der Waals surface area contributed by atoms with Crippen molar-refractivity contribution in [1.29, 1.82) is 0 Å². The van der Waals surface area contributed by atoms with Gasteiger partial charge in [-0.15, -0.1) is 0 Å². The SMILES string of the molecule is O=C(NCC1OCC(NC2CCCCC2)C1O)N1CCOCC1. The number of morpholine rings is 1. The lowest BCUT2D eigenvalue weighted by atomic mass is 9.94. The Labute approximate surface area is 137 Å². The second-order valence-corrected chi connectivity index (χ2v) is 6.76. The minimum absolute atomic E-state index is 0.0246. The molecule has 0 bridgehead atoms. The summed E-state index contributed by atoms with van der Waals surface area (Å²) in [6.45, 7) is 3.26. The van der Waals surface area contributed by atoms with Crippen molar-refractivity contribution < 1.29 is 19.4 Å². The summed E-state index contributed by atoms with van der Waals surface area (Å²) in [6, 6.07) is 0.366. The molecule has 0 aromatic heterocycles. The zero-order valence-electron chi connectivity index (χ0n) is 13.7. The number of nitrogens with zero attached hydrogens (tertiary/aromatic N) is 1. The van der Waals surface area contributed by atoms with Gasteiger partial charge in [0.25, 0.3) is 0 Å². The van der Waals surface area contributed by atoms with Crippen LogP contribution in [0.4, 0.5) is 4.79 Å². The molecule has 3 unspecified atom stereocenters. The van der Waals surface area contributed by atoms with E-state index in [-0.39, 0.29) is 18.2 Å². The molecule has 0 radical (unpaired) electrons. The highest BCUT2D eigenvalue weighted by molar-refractivity contribution is 5.74. The maximum atomic E-state index is 12.1. The quantitative estimate of drug-likeness (QED) is 0.681. The topological polar surface area (TPSA) is 83.1 Å². The van der Waals surface area contributed by atoms with Crippen molar-refractivity contribution in [2.75, 3.05) is 39.5 Å². The Hall–Kier alpha value is -0.890. The van der Waals surface area contributed by atoms with E-state index in [1.54, 1.807) is 4.90 Å². The van der Waals surface area contributed by atoms with Crippen LogP contribution in [0.2, 0.25) is 0 Å². The van der Waals surface area contributed by atoms with Crippen LogP contribution < -0.4 is 10.6 Å². The molecule has 0 spiro atoms. The standard InChI is InChI=1S/C16H29N3O4/c20-15-13(18-12-4-2-1-3-5-12)11-23-14(15)10-17-16(21)19-6-8-22-9-7-19/h12-15,18,20H,1-11H2,(H,17,21). The number of ether oxygens (including phenoxy) is 2. The van der Waals surface area contributed by atoms with Crippen molar-refractivity contribution in [3.05, 3.63) is 0 Å². The zero-order valence-corrected chi connectivity index (χ0v) is 13.7. The Morgan fingerprint density at radius 1 is 1.17 bits per heavy atom. The van der Waals surface area contributed by atoms with Crippen molar-refractivity contribution in [2.24, 2.45) is 0 Å². The van der Waals surface area contributed by atoms with E-state index in [1.165, 1.54) is 32.1 Å². The van der Waals surface area contributed by atoms with E-state index >= 15 is 0 Å². The zero-order chi connectivity index (χ0) is 16.1. The van der Waals surface area contributed by atoms with Gasteiger partial charge in [-0.25, -0.2) is 4.79 Å². The average molecular weight is 327 g/mol. The molecule has 0 aromatic carbocycles. The van der Waals surface area contributed by atoms with Gasteiger partial charge in [0.2, 0.25) is 0 Å². The summed E-state index contributed by atoms with van der Waals surface area (Å²) in [5.41, 5.74) is 0. The second-order valence-electron chi connectivity index (χ2n) is 6.76. The van der Waals surface area contributed by atoms with Crippen LogP contribution in [0, 0.1) is 0 Å². The highest BCUT2D eigenvalue weighted by atomic mass is 16.5. The molecule has 3 fully saturated rings. The Kier molecular flexibility index (Phi) is 6.10. The molecular weight excluding hydrogens is 298 g/mol. The van der Waals surface area contributed by atoms with Gasteiger partial charge in [-0.3, -0.25) is 0 Å². The van der Waals surface area contributed by atoms with E-state index in [0.717, 1.165) is 0 Å². The molecule has 3 N–H and O–H groups in total. The summed E-state index contributed by atoms with van der Waals surface area (Å²) in [5, 5.41) is 16.8. The summed E-state index contributed by atoms with van der Waals surface area (Å²) < 4.78 is 10.9. The predicted molar refractivity (Wildman–Crippen MR) is 85.3 cm³/mol. The fraction of sp³-hybridized carbons (Fsp3) is 0.938. The third-order valence-electron chi connectivity index (χ3n) is 5.09. The fourth-order valence-corrected chi connectivity index (χ4v) is 3.65. The smallest absolute Gasteiger partial charge is 0.317 e. The molecule has 0 aromatic rings. The molecular formula is C16H29N3O4. The van der Waals surface area contributed by atoms with Gasteiger partial charge < -0.3 is 30.1 Å². The number of rotatable bonds is 4. The second kappa shape index (κ2) is 8.28.